The highest BCUT2D eigenvalue weighted by Gasteiger charge is 2.35. The third-order valence-corrected chi connectivity index (χ3v) is 5.93. The van der Waals surface area contributed by atoms with Gasteiger partial charge in [-0.05, 0) is 12.1 Å². The molecule has 0 aromatic heterocycles. The molecule has 0 aliphatic rings. The number of ether oxygens (including phenoxy) is 2. The van der Waals surface area contributed by atoms with E-state index in [9.17, 15) is 55.0 Å². The van der Waals surface area contributed by atoms with Gasteiger partial charge in [-0.15, -0.1) is 0 Å². The van der Waals surface area contributed by atoms with Crippen LogP contribution in [0.15, 0.2) is 36.4 Å². The zero-order valence-electron chi connectivity index (χ0n) is 19.0. The highest BCUT2D eigenvalue weighted by molar-refractivity contribution is 7.88. The minimum Gasteiger partial charge on any atom is -0.492 e. The first kappa shape index (κ1) is 30.5. The van der Waals surface area contributed by atoms with Crippen LogP contribution in [0.5, 0.6) is 11.5 Å². The number of nitro groups is 2. The van der Waals surface area contributed by atoms with E-state index in [2.05, 4.69) is 0 Å². The highest BCUT2D eigenvalue weighted by atomic mass is 32.2. The number of halogens is 6. The van der Waals surface area contributed by atoms with E-state index >= 15 is 0 Å². The van der Waals surface area contributed by atoms with Crippen molar-refractivity contribution in [3.05, 3.63) is 67.8 Å². The number of nitro benzene ring substituents is 2. The lowest BCUT2D eigenvalue weighted by Crippen LogP contribution is -2.49. The summed E-state index contributed by atoms with van der Waals surface area (Å²) in [4.78, 5) is 19.8. The first-order valence-corrected chi connectivity index (χ1v) is 11.9. The van der Waals surface area contributed by atoms with Crippen molar-refractivity contribution < 1.29 is 54.1 Å². The lowest BCUT2D eigenvalue weighted by molar-refractivity contribution is -0.385. The van der Waals surface area contributed by atoms with Crippen LogP contribution in [0.2, 0.25) is 0 Å². The highest BCUT2D eigenvalue weighted by Crippen LogP contribution is 2.36. The predicted octanol–water partition coefficient (Wildman–Crippen LogP) is 3.54. The number of benzene rings is 2. The summed E-state index contributed by atoms with van der Waals surface area (Å²) in [6, 6.07) is 2.60. The smallest absolute Gasteiger partial charge is 0.416 e. The van der Waals surface area contributed by atoms with Gasteiger partial charge in [0.05, 0.1) is 45.9 Å². The molecule has 0 saturated heterocycles. The van der Waals surface area contributed by atoms with E-state index in [4.69, 9.17) is 15.2 Å². The van der Waals surface area contributed by atoms with Gasteiger partial charge in [0.2, 0.25) is 10.0 Å². The van der Waals surface area contributed by atoms with Gasteiger partial charge in [0.1, 0.15) is 18.1 Å². The number of hydrogen-bond donors (Lipinski definition) is 1. The first-order valence-electron chi connectivity index (χ1n) is 10.0. The number of hydrogen-bond acceptors (Lipinski definition) is 9. The van der Waals surface area contributed by atoms with Crippen LogP contribution < -0.4 is 15.2 Å². The molecule has 0 spiro atoms. The molecule has 0 amide bonds. The van der Waals surface area contributed by atoms with Gasteiger partial charge in [0, 0.05) is 18.7 Å². The van der Waals surface area contributed by atoms with Crippen molar-refractivity contribution in [2.75, 3.05) is 26.0 Å². The van der Waals surface area contributed by atoms with Crippen molar-refractivity contribution in [2.45, 2.75) is 18.6 Å². The predicted molar refractivity (Wildman–Crippen MR) is 117 cm³/mol. The molecule has 0 heterocycles. The molecule has 1 atom stereocenters. The molecule has 0 aliphatic carbocycles. The van der Waals surface area contributed by atoms with Crippen LogP contribution in [-0.2, 0) is 22.4 Å². The quantitative estimate of drug-likeness (QED) is 0.182. The van der Waals surface area contributed by atoms with Crippen LogP contribution in [0.25, 0.3) is 0 Å². The molecule has 0 fully saturated rings. The molecule has 12 nitrogen and oxygen atoms in total. The van der Waals surface area contributed by atoms with Gasteiger partial charge >= 0.3 is 12.4 Å². The van der Waals surface area contributed by atoms with Crippen LogP contribution in [0, 0.1) is 20.2 Å². The fraction of sp³-hybridized carbons (Fsp3) is 0.368. The fourth-order valence-electron chi connectivity index (χ4n) is 3.01. The Bertz CT molecular complexity index is 1300. The summed E-state index contributed by atoms with van der Waals surface area (Å²) >= 11 is 0. The minimum atomic E-state index is -5.01. The molecule has 0 radical (unpaired) electrons. The molecule has 2 N–H and O–H groups in total. The molecule has 210 valence electrons. The Hall–Kier alpha value is -3.71. The topological polar surface area (TPSA) is 168 Å². The van der Waals surface area contributed by atoms with E-state index in [1.54, 1.807) is 0 Å². The van der Waals surface area contributed by atoms with Crippen molar-refractivity contribution >= 4 is 21.4 Å². The van der Waals surface area contributed by atoms with Crippen LogP contribution in [0.3, 0.4) is 0 Å². The normalized spacial score (nSPS) is 13.3. The zero-order valence-corrected chi connectivity index (χ0v) is 19.8. The Morgan fingerprint density at radius 2 is 1.34 bits per heavy atom. The Morgan fingerprint density at radius 3 is 1.74 bits per heavy atom. The lowest BCUT2D eigenvalue weighted by Gasteiger charge is -2.29. The van der Waals surface area contributed by atoms with Gasteiger partial charge in [-0.1, -0.05) is 0 Å². The van der Waals surface area contributed by atoms with Crippen molar-refractivity contribution in [3.8, 4) is 11.5 Å². The summed E-state index contributed by atoms with van der Waals surface area (Å²) in [6.07, 6.45) is -11.1. The second-order valence-electron chi connectivity index (χ2n) is 7.47. The largest absolute Gasteiger partial charge is 0.492 e. The molecule has 0 aliphatic heterocycles. The van der Waals surface area contributed by atoms with Gasteiger partial charge in [0.25, 0.3) is 11.4 Å². The number of nitrogens with two attached hydrogens (primary N) is 1. The summed E-state index contributed by atoms with van der Waals surface area (Å²) in [7, 11) is -4.26. The number of rotatable bonds is 11. The van der Waals surface area contributed by atoms with E-state index in [-0.39, 0.29) is 12.1 Å². The molecular weight excluding hydrogens is 558 g/mol. The summed E-state index contributed by atoms with van der Waals surface area (Å²) < 4.78 is 114. The SMILES string of the molecule is CS(=O)(=O)N(CCOc1cc([N+](=O)[O-])cc(C(F)(F)F)c1)C(CN)Oc1cc([N+](=O)[O-])cc(C(F)(F)F)c1. The maximum Gasteiger partial charge on any atom is 0.416 e. The van der Waals surface area contributed by atoms with Crippen LogP contribution in [0.1, 0.15) is 11.1 Å². The van der Waals surface area contributed by atoms with E-state index in [1.807, 2.05) is 0 Å². The van der Waals surface area contributed by atoms with Gasteiger partial charge in [-0.3, -0.25) is 20.2 Å². The molecule has 38 heavy (non-hydrogen) atoms. The number of alkyl halides is 6. The number of sulfonamides is 1. The average Bonchev–Trinajstić information content (AvgIpc) is 2.78. The second-order valence-corrected chi connectivity index (χ2v) is 9.41. The number of non-ortho nitro benzene ring substituents is 2. The third-order valence-electron chi connectivity index (χ3n) is 4.66. The summed E-state index contributed by atoms with van der Waals surface area (Å²) in [5, 5.41) is 22.0. The summed E-state index contributed by atoms with van der Waals surface area (Å²) in [5.74, 6) is -1.37. The molecular formula is C19H18F6N4O8S. The average molecular weight is 576 g/mol. The first-order chi connectivity index (χ1) is 17.3. The van der Waals surface area contributed by atoms with Crippen LogP contribution in [0.4, 0.5) is 37.7 Å². The minimum absolute atomic E-state index is 0.237. The molecule has 2 rings (SSSR count). The molecule has 2 aromatic rings. The Morgan fingerprint density at radius 1 is 0.895 bits per heavy atom. The molecule has 0 bridgehead atoms. The maximum atomic E-state index is 13.1. The maximum absolute atomic E-state index is 13.1. The monoisotopic (exact) mass is 576 g/mol. The van der Waals surface area contributed by atoms with Gasteiger partial charge in [-0.25, -0.2) is 8.42 Å². The molecule has 1 unspecified atom stereocenters. The standard InChI is InChI=1S/C19H18F6N4O8S/c1-38(34,35)27(2-3-36-15-6-11(18(20,21)22)4-13(8-15)28(30)31)17(10-26)37-16-7-12(19(23,24)25)5-14(9-16)29(32)33/h4-9,17H,2-3,10,26H2,1H3. The molecule has 2 aromatic carbocycles. The fourth-order valence-corrected chi connectivity index (χ4v) is 3.98. The van der Waals surface area contributed by atoms with Crippen LogP contribution in [-0.4, -0.2) is 54.7 Å². The number of nitrogens with zero attached hydrogens (tertiary/aromatic N) is 3. The Balaban J connectivity index is 2.32. The van der Waals surface area contributed by atoms with Crippen molar-refractivity contribution in [2.24, 2.45) is 5.73 Å². The Kier molecular flexibility index (Phi) is 9.12. The Labute approximate surface area is 209 Å². The van der Waals surface area contributed by atoms with Crippen LogP contribution >= 0.6 is 0 Å². The van der Waals surface area contributed by atoms with E-state index in [1.165, 1.54) is 0 Å². The van der Waals surface area contributed by atoms with Crippen molar-refractivity contribution in [1.82, 2.24) is 4.31 Å². The van der Waals surface area contributed by atoms with Gasteiger partial charge in [-0.2, -0.15) is 30.6 Å². The van der Waals surface area contributed by atoms with E-state index in [0.717, 1.165) is 0 Å². The summed E-state index contributed by atoms with van der Waals surface area (Å²) in [6.45, 7) is -2.06. The third kappa shape index (κ3) is 8.15. The second kappa shape index (κ2) is 11.4. The lowest BCUT2D eigenvalue weighted by atomic mass is 10.2. The summed E-state index contributed by atoms with van der Waals surface area (Å²) in [5.41, 5.74) is 0.686. The molecule has 19 heteroatoms. The molecule has 0 saturated carbocycles. The zero-order chi connectivity index (χ0) is 29.1. The van der Waals surface area contributed by atoms with E-state index in [0.29, 0.717) is 34.8 Å². The van der Waals surface area contributed by atoms with Crippen molar-refractivity contribution in [3.63, 3.8) is 0 Å². The van der Waals surface area contributed by atoms with Gasteiger partial charge < -0.3 is 15.2 Å². The van der Waals surface area contributed by atoms with Gasteiger partial charge in [0.15, 0.2) is 6.23 Å². The van der Waals surface area contributed by atoms with E-state index < -0.39 is 92.1 Å². The van der Waals surface area contributed by atoms with Crippen molar-refractivity contribution in [1.29, 1.82) is 0 Å².